The summed E-state index contributed by atoms with van der Waals surface area (Å²) in [5, 5.41) is 9.31. The molecule has 0 saturated heterocycles. The summed E-state index contributed by atoms with van der Waals surface area (Å²) in [5.41, 5.74) is 1.01. The SMILES string of the molecule is CC(O)CC(C)(C)c1cncnc1. The van der Waals surface area contributed by atoms with Crippen molar-refractivity contribution in [3.63, 3.8) is 0 Å². The molecule has 1 heterocycles. The van der Waals surface area contributed by atoms with Crippen LogP contribution in [0, 0.1) is 0 Å². The average Bonchev–Trinajstić information content (AvgIpc) is 2.04. The first kappa shape index (κ1) is 10.1. The zero-order chi connectivity index (χ0) is 9.90. The second kappa shape index (κ2) is 3.83. The molecule has 0 fully saturated rings. The molecule has 0 aliphatic heterocycles. The maximum atomic E-state index is 9.31. The fraction of sp³-hybridized carbons (Fsp3) is 0.600. The first-order chi connectivity index (χ1) is 6.02. The molecule has 1 unspecified atom stereocenters. The molecular formula is C10H16N2O. The van der Waals surface area contributed by atoms with Gasteiger partial charge >= 0.3 is 0 Å². The highest BCUT2D eigenvalue weighted by Crippen LogP contribution is 2.26. The van der Waals surface area contributed by atoms with Crippen LogP contribution in [0.3, 0.4) is 0 Å². The summed E-state index contributed by atoms with van der Waals surface area (Å²) < 4.78 is 0. The summed E-state index contributed by atoms with van der Waals surface area (Å²) in [4.78, 5) is 7.93. The number of aromatic nitrogens is 2. The molecule has 1 aromatic heterocycles. The predicted molar refractivity (Wildman–Crippen MR) is 51.4 cm³/mol. The maximum absolute atomic E-state index is 9.31. The smallest absolute Gasteiger partial charge is 0.115 e. The number of aliphatic hydroxyl groups excluding tert-OH is 1. The molecule has 13 heavy (non-hydrogen) atoms. The van der Waals surface area contributed by atoms with Crippen LogP contribution in [0.4, 0.5) is 0 Å². The van der Waals surface area contributed by atoms with Crippen molar-refractivity contribution >= 4 is 0 Å². The molecule has 3 heteroatoms. The van der Waals surface area contributed by atoms with Gasteiger partial charge in [0.25, 0.3) is 0 Å². The van der Waals surface area contributed by atoms with E-state index in [9.17, 15) is 5.11 Å². The van der Waals surface area contributed by atoms with Gasteiger partial charge in [0.05, 0.1) is 6.10 Å². The molecule has 1 atom stereocenters. The zero-order valence-electron chi connectivity index (χ0n) is 8.36. The normalized spacial score (nSPS) is 14.2. The molecule has 1 rings (SSSR count). The van der Waals surface area contributed by atoms with Gasteiger partial charge in [-0.05, 0) is 24.3 Å². The first-order valence-electron chi connectivity index (χ1n) is 4.46. The third kappa shape index (κ3) is 2.77. The molecule has 1 aromatic rings. The van der Waals surface area contributed by atoms with Crippen LogP contribution in [0.25, 0.3) is 0 Å². The largest absolute Gasteiger partial charge is 0.393 e. The predicted octanol–water partition coefficient (Wildman–Crippen LogP) is 1.53. The van der Waals surface area contributed by atoms with E-state index in [1.807, 2.05) is 0 Å². The molecule has 0 aromatic carbocycles. The lowest BCUT2D eigenvalue weighted by molar-refractivity contribution is 0.156. The average molecular weight is 180 g/mol. The second-order valence-electron chi connectivity index (χ2n) is 4.06. The Morgan fingerprint density at radius 2 is 1.92 bits per heavy atom. The Labute approximate surface area is 78.9 Å². The van der Waals surface area contributed by atoms with Gasteiger partial charge in [-0.25, -0.2) is 9.97 Å². The van der Waals surface area contributed by atoms with Crippen LogP contribution in [0.15, 0.2) is 18.7 Å². The molecule has 0 aliphatic rings. The van der Waals surface area contributed by atoms with Gasteiger partial charge in [0.15, 0.2) is 0 Å². The lowest BCUT2D eigenvalue weighted by Gasteiger charge is -2.25. The van der Waals surface area contributed by atoms with Crippen molar-refractivity contribution in [3.8, 4) is 0 Å². The van der Waals surface area contributed by atoms with E-state index in [0.29, 0.717) is 0 Å². The lowest BCUT2D eigenvalue weighted by atomic mass is 9.81. The van der Waals surface area contributed by atoms with E-state index in [2.05, 4.69) is 23.8 Å². The number of nitrogens with zero attached hydrogens (tertiary/aromatic N) is 2. The van der Waals surface area contributed by atoms with Crippen molar-refractivity contribution in [2.45, 2.75) is 38.7 Å². The van der Waals surface area contributed by atoms with Crippen LogP contribution in [-0.2, 0) is 5.41 Å². The fourth-order valence-electron chi connectivity index (χ4n) is 1.50. The standard InChI is InChI=1S/C10H16N2O/c1-8(13)4-10(2,3)9-5-11-7-12-6-9/h5-8,13H,4H2,1-3H3. The van der Waals surface area contributed by atoms with E-state index >= 15 is 0 Å². The van der Waals surface area contributed by atoms with Crippen molar-refractivity contribution in [2.24, 2.45) is 0 Å². The Kier molecular flexibility index (Phi) is 2.98. The van der Waals surface area contributed by atoms with E-state index in [0.717, 1.165) is 12.0 Å². The Morgan fingerprint density at radius 3 is 2.38 bits per heavy atom. The summed E-state index contributed by atoms with van der Waals surface area (Å²) >= 11 is 0. The number of hydrogen-bond donors (Lipinski definition) is 1. The van der Waals surface area contributed by atoms with Gasteiger partial charge < -0.3 is 5.11 Å². The van der Waals surface area contributed by atoms with Gasteiger partial charge in [-0.1, -0.05) is 13.8 Å². The van der Waals surface area contributed by atoms with Crippen molar-refractivity contribution in [3.05, 3.63) is 24.3 Å². The first-order valence-corrected chi connectivity index (χ1v) is 4.46. The number of rotatable bonds is 3. The monoisotopic (exact) mass is 180 g/mol. The van der Waals surface area contributed by atoms with Crippen molar-refractivity contribution in [2.75, 3.05) is 0 Å². The van der Waals surface area contributed by atoms with Gasteiger partial charge in [-0.15, -0.1) is 0 Å². The van der Waals surface area contributed by atoms with E-state index < -0.39 is 0 Å². The van der Waals surface area contributed by atoms with Crippen LogP contribution in [0.1, 0.15) is 32.8 Å². The molecule has 1 N–H and O–H groups in total. The molecule has 72 valence electrons. The third-order valence-electron chi connectivity index (χ3n) is 2.15. The van der Waals surface area contributed by atoms with Gasteiger partial charge in [-0.3, -0.25) is 0 Å². The Morgan fingerprint density at radius 1 is 1.38 bits per heavy atom. The van der Waals surface area contributed by atoms with E-state index in [1.165, 1.54) is 6.33 Å². The van der Waals surface area contributed by atoms with Crippen molar-refractivity contribution in [1.29, 1.82) is 0 Å². The molecule has 0 amide bonds. The lowest BCUT2D eigenvalue weighted by Crippen LogP contribution is -2.23. The topological polar surface area (TPSA) is 46.0 Å². The molecule has 3 nitrogen and oxygen atoms in total. The van der Waals surface area contributed by atoms with E-state index in [-0.39, 0.29) is 11.5 Å². The molecule has 0 saturated carbocycles. The minimum absolute atomic E-state index is 0.0601. The fourth-order valence-corrected chi connectivity index (χ4v) is 1.50. The van der Waals surface area contributed by atoms with E-state index in [1.54, 1.807) is 19.3 Å². The van der Waals surface area contributed by atoms with Crippen LogP contribution in [0.2, 0.25) is 0 Å². The van der Waals surface area contributed by atoms with Crippen LogP contribution in [-0.4, -0.2) is 21.2 Å². The van der Waals surface area contributed by atoms with Gasteiger partial charge in [0, 0.05) is 12.4 Å². The molecule has 0 spiro atoms. The Bertz CT molecular complexity index is 257. The molecule has 0 bridgehead atoms. The zero-order valence-corrected chi connectivity index (χ0v) is 8.36. The highest BCUT2D eigenvalue weighted by molar-refractivity contribution is 5.15. The summed E-state index contributed by atoms with van der Waals surface area (Å²) in [6.07, 6.45) is 5.54. The van der Waals surface area contributed by atoms with Gasteiger partial charge in [-0.2, -0.15) is 0 Å². The highest BCUT2D eigenvalue weighted by atomic mass is 16.3. The summed E-state index contributed by atoms with van der Waals surface area (Å²) in [6, 6.07) is 0. The van der Waals surface area contributed by atoms with Crippen molar-refractivity contribution < 1.29 is 5.11 Å². The molecule has 0 radical (unpaired) electrons. The quantitative estimate of drug-likeness (QED) is 0.767. The summed E-state index contributed by atoms with van der Waals surface area (Å²) in [5.74, 6) is 0. The second-order valence-corrected chi connectivity index (χ2v) is 4.06. The Balaban J connectivity index is 2.81. The minimum Gasteiger partial charge on any atom is -0.393 e. The van der Waals surface area contributed by atoms with Crippen LogP contribution < -0.4 is 0 Å². The number of hydrogen-bond acceptors (Lipinski definition) is 3. The highest BCUT2D eigenvalue weighted by Gasteiger charge is 2.22. The number of aliphatic hydroxyl groups is 1. The summed E-state index contributed by atoms with van der Waals surface area (Å²) in [6.45, 7) is 5.96. The summed E-state index contributed by atoms with van der Waals surface area (Å²) in [7, 11) is 0. The molecular weight excluding hydrogens is 164 g/mol. The van der Waals surface area contributed by atoms with Gasteiger partial charge in [0.1, 0.15) is 6.33 Å². The Hall–Kier alpha value is -0.960. The maximum Gasteiger partial charge on any atom is 0.115 e. The van der Waals surface area contributed by atoms with Crippen LogP contribution in [0.5, 0.6) is 0 Å². The molecule has 0 aliphatic carbocycles. The van der Waals surface area contributed by atoms with Crippen LogP contribution >= 0.6 is 0 Å². The van der Waals surface area contributed by atoms with Crippen molar-refractivity contribution in [1.82, 2.24) is 9.97 Å². The minimum atomic E-state index is -0.296. The third-order valence-corrected chi connectivity index (χ3v) is 2.15. The van der Waals surface area contributed by atoms with E-state index in [4.69, 9.17) is 0 Å². The van der Waals surface area contributed by atoms with Gasteiger partial charge in [0.2, 0.25) is 0 Å².